The Bertz CT molecular complexity index is 343. The van der Waals surface area contributed by atoms with Crippen molar-refractivity contribution in [3.8, 4) is 0 Å². The van der Waals surface area contributed by atoms with E-state index in [2.05, 4.69) is 4.98 Å². The van der Waals surface area contributed by atoms with Gasteiger partial charge >= 0.3 is 5.97 Å². The van der Waals surface area contributed by atoms with E-state index in [1.165, 1.54) is 12.3 Å². The van der Waals surface area contributed by atoms with Gasteiger partial charge in [-0.05, 0) is 18.2 Å². The summed E-state index contributed by atoms with van der Waals surface area (Å²) in [5.74, 6) is -1.25. The van der Waals surface area contributed by atoms with Crippen LogP contribution in [0.25, 0.3) is 6.08 Å². The van der Waals surface area contributed by atoms with E-state index in [1.807, 2.05) is 0 Å². The fourth-order valence-electron chi connectivity index (χ4n) is 0.767. The first-order chi connectivity index (χ1) is 6.24. The number of carbonyl (C=O) groups is 2. The molecule has 0 spiro atoms. The summed E-state index contributed by atoms with van der Waals surface area (Å²) in [5, 5.41) is 8.51. The summed E-state index contributed by atoms with van der Waals surface area (Å²) in [6.07, 6.45) is 3.03. The van der Waals surface area contributed by atoms with Crippen LogP contribution in [-0.4, -0.2) is 22.3 Å². The van der Waals surface area contributed by atoms with E-state index in [9.17, 15) is 9.59 Å². The Labute approximate surface area is 74.5 Å². The molecular weight excluding hydrogens is 170 g/mol. The molecule has 0 bridgehead atoms. The molecule has 66 valence electrons. The van der Waals surface area contributed by atoms with Gasteiger partial charge in [0.25, 0.3) is 0 Å². The summed E-state index contributed by atoms with van der Waals surface area (Å²) < 4.78 is 0. The van der Waals surface area contributed by atoms with Crippen LogP contribution in [0.4, 0.5) is 0 Å². The number of carbonyl (C=O) groups excluding carboxylic acids is 1. The summed E-state index contributed by atoms with van der Waals surface area (Å²) in [7, 11) is 0. The summed E-state index contributed by atoms with van der Waals surface area (Å²) in [6, 6.07) is 5.04. The maximum Gasteiger partial charge on any atom is 0.339 e. The fourth-order valence-corrected chi connectivity index (χ4v) is 0.767. The van der Waals surface area contributed by atoms with E-state index < -0.39 is 5.97 Å². The topological polar surface area (TPSA) is 67.3 Å². The van der Waals surface area contributed by atoms with Crippen molar-refractivity contribution in [1.29, 1.82) is 0 Å². The summed E-state index contributed by atoms with van der Waals surface area (Å²) >= 11 is 0. The number of carboxylic acid groups (broad SMARTS) is 1. The van der Waals surface area contributed by atoms with Crippen LogP contribution in [0.15, 0.2) is 30.0 Å². The van der Waals surface area contributed by atoms with Gasteiger partial charge in [0, 0.05) is 6.20 Å². The molecule has 0 atom stereocenters. The summed E-state index contributed by atoms with van der Waals surface area (Å²) in [6.45, 7) is 0. The van der Waals surface area contributed by atoms with E-state index >= 15 is 0 Å². The van der Waals surface area contributed by atoms with Gasteiger partial charge in [0.1, 0.15) is 5.57 Å². The average Bonchev–Trinajstić information content (AvgIpc) is 2.15. The van der Waals surface area contributed by atoms with Gasteiger partial charge in [-0.15, -0.1) is 0 Å². The Morgan fingerprint density at radius 2 is 2.23 bits per heavy atom. The highest BCUT2D eigenvalue weighted by atomic mass is 16.4. The normalized spacial score (nSPS) is 10.9. The van der Waals surface area contributed by atoms with Crippen LogP contribution in [0.1, 0.15) is 5.69 Å². The molecule has 0 aliphatic rings. The van der Waals surface area contributed by atoms with Crippen LogP contribution in [0.3, 0.4) is 0 Å². The van der Waals surface area contributed by atoms with Crippen LogP contribution in [-0.2, 0) is 9.59 Å². The maximum absolute atomic E-state index is 10.4. The van der Waals surface area contributed by atoms with Gasteiger partial charge in [0.05, 0.1) is 5.69 Å². The Morgan fingerprint density at radius 3 is 2.69 bits per heavy atom. The van der Waals surface area contributed by atoms with E-state index in [1.54, 1.807) is 18.2 Å². The second kappa shape index (κ2) is 4.15. The first-order valence-electron chi connectivity index (χ1n) is 3.55. The lowest BCUT2D eigenvalue weighted by Gasteiger charge is -1.92. The van der Waals surface area contributed by atoms with Crippen molar-refractivity contribution >= 4 is 18.3 Å². The van der Waals surface area contributed by atoms with Crippen LogP contribution in [0.5, 0.6) is 0 Å². The molecular formula is C9H7NO3. The molecule has 0 unspecified atom stereocenters. The van der Waals surface area contributed by atoms with E-state index in [-0.39, 0.29) is 11.9 Å². The average molecular weight is 177 g/mol. The highest BCUT2D eigenvalue weighted by Crippen LogP contribution is 2.01. The standard InChI is InChI=1S/C9H7NO3/c11-6-7(9(12)13)5-8-3-1-2-4-10-8/h1-6H,(H,12,13)/b7-5+. The zero-order chi connectivity index (χ0) is 9.68. The van der Waals surface area contributed by atoms with Crippen LogP contribution < -0.4 is 0 Å². The van der Waals surface area contributed by atoms with Crippen molar-refractivity contribution in [3.63, 3.8) is 0 Å². The molecule has 0 aromatic carbocycles. The first kappa shape index (κ1) is 9.12. The Balaban J connectivity index is 2.98. The van der Waals surface area contributed by atoms with E-state index in [0.717, 1.165) is 0 Å². The predicted octanol–water partition coefficient (Wildman–Crippen LogP) is 0.748. The van der Waals surface area contributed by atoms with Crippen LogP contribution in [0, 0.1) is 0 Å². The van der Waals surface area contributed by atoms with Gasteiger partial charge in [-0.3, -0.25) is 9.78 Å². The number of aldehydes is 1. The molecule has 0 fully saturated rings. The number of nitrogens with zero attached hydrogens (tertiary/aromatic N) is 1. The number of pyridine rings is 1. The molecule has 0 saturated carbocycles. The van der Waals surface area contributed by atoms with Gasteiger partial charge < -0.3 is 5.11 Å². The number of hydrogen-bond acceptors (Lipinski definition) is 3. The molecule has 13 heavy (non-hydrogen) atoms. The zero-order valence-corrected chi connectivity index (χ0v) is 6.68. The number of rotatable bonds is 3. The minimum Gasteiger partial charge on any atom is -0.478 e. The van der Waals surface area contributed by atoms with Gasteiger partial charge in [-0.1, -0.05) is 6.07 Å². The molecule has 1 rings (SSSR count). The minimum atomic E-state index is -1.25. The van der Waals surface area contributed by atoms with Crippen molar-refractivity contribution in [2.75, 3.05) is 0 Å². The fraction of sp³-hybridized carbons (Fsp3) is 0. The molecule has 0 amide bonds. The molecule has 0 radical (unpaired) electrons. The number of carboxylic acids is 1. The zero-order valence-electron chi connectivity index (χ0n) is 6.68. The molecule has 1 heterocycles. The summed E-state index contributed by atoms with van der Waals surface area (Å²) in [4.78, 5) is 24.5. The Morgan fingerprint density at radius 1 is 1.46 bits per heavy atom. The Hall–Kier alpha value is -1.97. The minimum absolute atomic E-state index is 0.289. The molecule has 4 nitrogen and oxygen atoms in total. The third-order valence-corrected chi connectivity index (χ3v) is 1.37. The lowest BCUT2D eigenvalue weighted by molar-refractivity contribution is -0.133. The van der Waals surface area contributed by atoms with E-state index in [0.29, 0.717) is 5.69 Å². The van der Waals surface area contributed by atoms with Crippen molar-refractivity contribution in [3.05, 3.63) is 35.7 Å². The largest absolute Gasteiger partial charge is 0.478 e. The molecule has 0 aliphatic heterocycles. The Kier molecular flexibility index (Phi) is 2.92. The number of aliphatic carboxylic acids is 1. The molecule has 4 heteroatoms. The molecule has 0 saturated heterocycles. The van der Waals surface area contributed by atoms with E-state index in [4.69, 9.17) is 5.11 Å². The highest BCUT2D eigenvalue weighted by Gasteiger charge is 2.04. The monoisotopic (exact) mass is 177 g/mol. The third-order valence-electron chi connectivity index (χ3n) is 1.37. The molecule has 1 aromatic rings. The number of hydrogen-bond donors (Lipinski definition) is 1. The van der Waals surface area contributed by atoms with Crippen molar-refractivity contribution in [2.45, 2.75) is 0 Å². The first-order valence-corrected chi connectivity index (χ1v) is 3.55. The smallest absolute Gasteiger partial charge is 0.339 e. The molecule has 1 N–H and O–H groups in total. The van der Waals surface area contributed by atoms with Gasteiger partial charge in [0.15, 0.2) is 6.29 Å². The second-order valence-electron chi connectivity index (χ2n) is 2.28. The predicted molar refractivity (Wildman–Crippen MR) is 45.9 cm³/mol. The lowest BCUT2D eigenvalue weighted by atomic mass is 10.2. The van der Waals surface area contributed by atoms with Crippen molar-refractivity contribution < 1.29 is 14.7 Å². The number of aromatic nitrogens is 1. The van der Waals surface area contributed by atoms with Gasteiger partial charge in [-0.2, -0.15) is 0 Å². The van der Waals surface area contributed by atoms with Crippen molar-refractivity contribution in [2.24, 2.45) is 0 Å². The quantitative estimate of drug-likeness (QED) is 0.320. The van der Waals surface area contributed by atoms with Crippen LogP contribution in [0.2, 0.25) is 0 Å². The third kappa shape index (κ3) is 2.52. The summed E-state index contributed by atoms with van der Waals surface area (Å²) in [5.41, 5.74) is 0.144. The second-order valence-corrected chi connectivity index (χ2v) is 2.28. The lowest BCUT2D eigenvalue weighted by Crippen LogP contribution is -2.01. The maximum atomic E-state index is 10.4. The molecule has 1 aromatic heterocycles. The highest BCUT2D eigenvalue weighted by molar-refractivity contribution is 6.10. The molecule has 0 aliphatic carbocycles. The van der Waals surface area contributed by atoms with Gasteiger partial charge in [-0.25, -0.2) is 4.79 Å². The van der Waals surface area contributed by atoms with Gasteiger partial charge in [0.2, 0.25) is 0 Å². The SMILES string of the molecule is O=C/C(=C\c1ccccn1)C(=O)O. The van der Waals surface area contributed by atoms with Crippen LogP contribution >= 0.6 is 0 Å². The van der Waals surface area contributed by atoms with Crippen molar-refractivity contribution in [1.82, 2.24) is 4.98 Å².